The van der Waals surface area contributed by atoms with E-state index in [-0.39, 0.29) is 11.4 Å². The summed E-state index contributed by atoms with van der Waals surface area (Å²) in [6, 6.07) is 6.69. The van der Waals surface area contributed by atoms with Gasteiger partial charge in [0.05, 0.1) is 17.7 Å². The molecular weight excluding hydrogens is 298 g/mol. The molecule has 0 radical (unpaired) electrons. The van der Waals surface area contributed by atoms with Gasteiger partial charge in [-0.2, -0.15) is 3.71 Å². The van der Waals surface area contributed by atoms with Crippen molar-refractivity contribution in [1.82, 2.24) is 0 Å². The quantitative estimate of drug-likeness (QED) is 0.772. The Bertz CT molecular complexity index is 651. The molecule has 1 aromatic carbocycles. The van der Waals surface area contributed by atoms with Gasteiger partial charge in [-0.25, -0.2) is 16.8 Å². The fourth-order valence-corrected chi connectivity index (χ4v) is 5.01. The van der Waals surface area contributed by atoms with Crippen LogP contribution in [0, 0.1) is 0 Å². The van der Waals surface area contributed by atoms with E-state index in [4.69, 9.17) is 0 Å². The minimum absolute atomic E-state index is 0.183. The number of hydrogen-bond donors (Lipinski definition) is 0. The molecule has 0 unspecified atom stereocenters. The van der Waals surface area contributed by atoms with E-state index >= 15 is 0 Å². The molecule has 0 saturated carbocycles. The minimum Gasteiger partial charge on any atom is -0.206 e. The van der Waals surface area contributed by atoms with Gasteiger partial charge in [-0.15, -0.1) is 0 Å². The van der Waals surface area contributed by atoms with Crippen molar-refractivity contribution < 1.29 is 16.8 Å². The summed E-state index contributed by atoms with van der Waals surface area (Å²) in [4.78, 5) is 0. The van der Waals surface area contributed by atoms with Crippen molar-refractivity contribution in [2.24, 2.45) is 0 Å². The third kappa shape index (κ3) is 4.21. The van der Waals surface area contributed by atoms with E-state index in [0.29, 0.717) is 3.71 Å². The highest BCUT2D eigenvalue weighted by molar-refractivity contribution is 8.09. The predicted molar refractivity (Wildman–Crippen MR) is 81.8 cm³/mol. The van der Waals surface area contributed by atoms with Crippen molar-refractivity contribution in [3.63, 3.8) is 0 Å². The van der Waals surface area contributed by atoms with E-state index in [2.05, 4.69) is 6.92 Å². The molecule has 114 valence electrons. The molecule has 0 aromatic heterocycles. The molecule has 0 heterocycles. The van der Waals surface area contributed by atoms with E-state index in [1.165, 1.54) is 13.0 Å². The second kappa shape index (κ2) is 6.58. The van der Waals surface area contributed by atoms with Crippen LogP contribution in [0.4, 0.5) is 5.69 Å². The van der Waals surface area contributed by atoms with Gasteiger partial charge in [0.1, 0.15) is 0 Å². The third-order valence-corrected chi connectivity index (χ3v) is 6.61. The number of unbranched alkanes of at least 4 members (excludes halogenated alkanes) is 1. The molecule has 5 nitrogen and oxygen atoms in total. The van der Waals surface area contributed by atoms with Gasteiger partial charge < -0.3 is 0 Å². The minimum atomic E-state index is -3.88. The van der Waals surface area contributed by atoms with Gasteiger partial charge in [-0.1, -0.05) is 25.5 Å². The first-order valence-corrected chi connectivity index (χ1v) is 10.00. The lowest BCUT2D eigenvalue weighted by Gasteiger charge is -2.21. The Morgan fingerprint density at radius 1 is 1.10 bits per heavy atom. The summed E-state index contributed by atoms with van der Waals surface area (Å²) >= 11 is 0. The number of nitrogens with zero attached hydrogens (tertiary/aromatic N) is 1. The first-order valence-electron chi connectivity index (χ1n) is 6.54. The molecule has 0 aliphatic rings. The Morgan fingerprint density at radius 2 is 1.75 bits per heavy atom. The lowest BCUT2D eigenvalue weighted by atomic mass is 10.1. The average molecular weight is 319 g/mol. The highest BCUT2D eigenvalue weighted by Crippen LogP contribution is 2.23. The zero-order valence-electron chi connectivity index (χ0n) is 12.0. The lowest BCUT2D eigenvalue weighted by molar-refractivity contribution is 0.588. The maximum atomic E-state index is 12.0. The molecule has 0 aliphatic carbocycles. The zero-order chi connectivity index (χ0) is 15.4. The summed E-state index contributed by atoms with van der Waals surface area (Å²) in [5.74, 6) is -0.265. The molecule has 7 heteroatoms. The van der Waals surface area contributed by atoms with Gasteiger partial charge in [0, 0.05) is 0 Å². The molecule has 0 amide bonds. The Hall–Kier alpha value is -1.08. The second-order valence-corrected chi connectivity index (χ2v) is 8.80. The smallest absolute Gasteiger partial charge is 0.206 e. The molecule has 1 rings (SSSR count). The molecule has 0 N–H and O–H groups in total. The maximum absolute atomic E-state index is 12.0. The first kappa shape index (κ1) is 17.0. The first-order chi connectivity index (χ1) is 9.22. The number of sulfonamides is 2. The van der Waals surface area contributed by atoms with Gasteiger partial charge in [-0.05, 0) is 37.5 Å². The van der Waals surface area contributed by atoms with Crippen molar-refractivity contribution in [2.45, 2.75) is 33.1 Å². The van der Waals surface area contributed by atoms with Gasteiger partial charge in [0.15, 0.2) is 0 Å². The molecule has 0 fully saturated rings. The van der Waals surface area contributed by atoms with Crippen LogP contribution < -0.4 is 3.71 Å². The van der Waals surface area contributed by atoms with Crippen LogP contribution in [0.15, 0.2) is 24.3 Å². The predicted octanol–water partition coefficient (Wildman–Crippen LogP) is 2.14. The van der Waals surface area contributed by atoms with E-state index in [1.807, 2.05) is 6.07 Å². The number of anilines is 1. The molecule has 0 saturated heterocycles. The summed E-state index contributed by atoms with van der Waals surface area (Å²) in [5.41, 5.74) is 1.12. The molecule has 0 aliphatic heterocycles. The second-order valence-electron chi connectivity index (χ2n) is 4.63. The SMILES string of the molecule is CCCCc1cccc(N(S(C)(=O)=O)S(=O)(=O)CC)c1. The Balaban J connectivity index is 3.30. The van der Waals surface area contributed by atoms with Crippen LogP contribution >= 0.6 is 0 Å². The summed E-state index contributed by atoms with van der Waals surface area (Å²) < 4.78 is 48.2. The molecule has 0 spiro atoms. The van der Waals surface area contributed by atoms with E-state index in [9.17, 15) is 16.8 Å². The topological polar surface area (TPSA) is 71.5 Å². The lowest BCUT2D eigenvalue weighted by Crippen LogP contribution is -2.37. The van der Waals surface area contributed by atoms with Crippen LogP contribution in [0.1, 0.15) is 32.3 Å². The molecular formula is C13H21NO4S2. The summed E-state index contributed by atoms with van der Waals surface area (Å²) in [6.45, 7) is 3.49. The Morgan fingerprint density at radius 3 is 2.25 bits per heavy atom. The van der Waals surface area contributed by atoms with Gasteiger partial charge in [0.2, 0.25) is 20.0 Å². The van der Waals surface area contributed by atoms with Crippen LogP contribution in [-0.4, -0.2) is 28.8 Å². The van der Waals surface area contributed by atoms with Crippen LogP contribution in [0.2, 0.25) is 0 Å². The van der Waals surface area contributed by atoms with Crippen molar-refractivity contribution in [2.75, 3.05) is 15.7 Å². The summed E-state index contributed by atoms with van der Waals surface area (Å²) in [5, 5.41) is 0. The maximum Gasteiger partial charge on any atom is 0.247 e. The normalized spacial score (nSPS) is 12.3. The van der Waals surface area contributed by atoms with E-state index < -0.39 is 20.0 Å². The highest BCUT2D eigenvalue weighted by Gasteiger charge is 2.29. The van der Waals surface area contributed by atoms with Crippen LogP contribution in [-0.2, 0) is 26.5 Å². The van der Waals surface area contributed by atoms with Gasteiger partial charge in [-0.3, -0.25) is 0 Å². The fourth-order valence-electron chi connectivity index (χ4n) is 1.88. The van der Waals surface area contributed by atoms with Crippen molar-refractivity contribution in [3.8, 4) is 0 Å². The third-order valence-electron chi connectivity index (χ3n) is 2.86. The monoisotopic (exact) mass is 319 g/mol. The number of rotatable bonds is 7. The Kier molecular flexibility index (Phi) is 5.59. The van der Waals surface area contributed by atoms with E-state index in [0.717, 1.165) is 31.1 Å². The molecule has 0 bridgehead atoms. The average Bonchev–Trinajstić information content (AvgIpc) is 2.35. The zero-order valence-corrected chi connectivity index (χ0v) is 13.7. The Labute approximate surface area is 121 Å². The number of hydrogen-bond acceptors (Lipinski definition) is 4. The standard InChI is InChI=1S/C13H21NO4S2/c1-4-6-8-12-9-7-10-13(11-12)14(19(3,15)16)20(17,18)5-2/h7,9-11H,4-6,8H2,1-3H3. The number of benzene rings is 1. The van der Waals surface area contributed by atoms with Crippen LogP contribution in [0.25, 0.3) is 0 Å². The summed E-state index contributed by atoms with van der Waals surface area (Å²) in [7, 11) is -7.74. The van der Waals surface area contributed by atoms with E-state index in [1.54, 1.807) is 12.1 Å². The van der Waals surface area contributed by atoms with Crippen molar-refractivity contribution >= 4 is 25.7 Å². The fraction of sp³-hybridized carbons (Fsp3) is 0.538. The largest absolute Gasteiger partial charge is 0.247 e. The van der Waals surface area contributed by atoms with Gasteiger partial charge in [0.25, 0.3) is 0 Å². The number of aryl methyl sites for hydroxylation is 1. The molecule has 1 aromatic rings. The molecule has 0 atom stereocenters. The molecule has 20 heavy (non-hydrogen) atoms. The van der Waals surface area contributed by atoms with Gasteiger partial charge >= 0.3 is 0 Å². The van der Waals surface area contributed by atoms with Crippen LogP contribution in [0.3, 0.4) is 0 Å². The highest BCUT2D eigenvalue weighted by atomic mass is 32.3. The van der Waals surface area contributed by atoms with Crippen molar-refractivity contribution in [1.29, 1.82) is 0 Å². The van der Waals surface area contributed by atoms with Crippen LogP contribution in [0.5, 0.6) is 0 Å². The van der Waals surface area contributed by atoms with Crippen molar-refractivity contribution in [3.05, 3.63) is 29.8 Å². The summed E-state index contributed by atoms with van der Waals surface area (Å²) in [6.07, 6.45) is 3.70.